The summed E-state index contributed by atoms with van der Waals surface area (Å²) < 4.78 is 4.92. The van der Waals surface area contributed by atoms with Crippen molar-refractivity contribution in [3.8, 4) is 5.69 Å². The molecule has 0 amide bonds. The molecule has 2 heterocycles. The van der Waals surface area contributed by atoms with E-state index in [-0.39, 0.29) is 34.3 Å². The van der Waals surface area contributed by atoms with Gasteiger partial charge in [0, 0.05) is 11.3 Å². The minimum absolute atomic E-state index is 0.165. The maximum absolute atomic E-state index is 13.1. The molecule has 5 nitrogen and oxygen atoms in total. The van der Waals surface area contributed by atoms with Gasteiger partial charge in [-0.3, -0.25) is 0 Å². The predicted octanol–water partition coefficient (Wildman–Crippen LogP) is 1.96. The Morgan fingerprint density at radius 3 is 2.26 bits per heavy atom. The highest BCUT2D eigenvalue weighted by molar-refractivity contribution is 5.46. The average Bonchev–Trinajstić information content (AvgIpc) is 2.89. The van der Waals surface area contributed by atoms with Gasteiger partial charge >= 0.3 is 11.4 Å². The fraction of sp³-hybridized carbons (Fsp3) is 0.556. The number of para-hydroxylation sites is 1. The first-order chi connectivity index (χ1) is 10.9. The van der Waals surface area contributed by atoms with Crippen LogP contribution in [0.1, 0.15) is 39.3 Å². The zero-order valence-corrected chi connectivity index (χ0v) is 13.5. The maximum Gasteiger partial charge on any atom is 0.352 e. The standard InChI is InChI=1S/C18H19N3O2/c1-16-9-11-12-13(18(16,3)17(12,16)2)21-15(23)19(14(22)20(11)21)10-7-5-4-6-8-10/h4-8,11-13H,9H2,1-3H3/t11-,12-,13+,16-,17-,18-/m1/s1. The Morgan fingerprint density at radius 2 is 1.61 bits per heavy atom. The summed E-state index contributed by atoms with van der Waals surface area (Å²) in [5.41, 5.74) is 1.08. The summed E-state index contributed by atoms with van der Waals surface area (Å²) in [7, 11) is 0. The molecular formula is C18H19N3O2. The third-order valence-electron chi connectivity index (χ3n) is 8.54. The highest BCUT2D eigenvalue weighted by Gasteiger charge is 2.99. The average molecular weight is 309 g/mol. The van der Waals surface area contributed by atoms with Crippen LogP contribution in [0, 0.1) is 22.2 Å². The fourth-order valence-electron chi connectivity index (χ4n) is 7.24. The molecule has 3 aliphatic carbocycles. The quantitative estimate of drug-likeness (QED) is 0.808. The summed E-state index contributed by atoms with van der Waals surface area (Å²) in [4.78, 5) is 26.1. The van der Waals surface area contributed by atoms with Crippen molar-refractivity contribution in [2.75, 3.05) is 0 Å². The van der Waals surface area contributed by atoms with E-state index in [4.69, 9.17) is 0 Å². The van der Waals surface area contributed by atoms with Crippen LogP contribution in [-0.2, 0) is 0 Å². The molecule has 0 radical (unpaired) electrons. The lowest BCUT2D eigenvalue weighted by atomic mass is 9.60. The lowest BCUT2D eigenvalue weighted by Crippen LogP contribution is -2.47. The molecule has 6 rings (SSSR count). The second-order valence-electron chi connectivity index (χ2n) is 8.40. The van der Waals surface area contributed by atoms with E-state index in [0.717, 1.165) is 6.42 Å². The van der Waals surface area contributed by atoms with Crippen molar-refractivity contribution in [1.29, 1.82) is 0 Å². The Hall–Kier alpha value is -2.04. The molecule has 2 aromatic rings. The molecule has 1 aliphatic heterocycles. The number of rotatable bonds is 1. The SMILES string of the molecule is C[C@]12C[C@@H]3[C@@H]4[C@H](n5c(=O)n(-c6ccccc6)c(=O)n53)[C@@]1(C)[C@]42C. The molecule has 1 aromatic heterocycles. The topological polar surface area (TPSA) is 48.9 Å². The minimum Gasteiger partial charge on any atom is -0.245 e. The van der Waals surface area contributed by atoms with Crippen molar-refractivity contribution in [3.63, 3.8) is 0 Å². The molecule has 0 N–H and O–H groups in total. The van der Waals surface area contributed by atoms with Gasteiger partial charge < -0.3 is 0 Å². The molecule has 5 heteroatoms. The van der Waals surface area contributed by atoms with E-state index in [9.17, 15) is 9.59 Å². The molecule has 1 aromatic carbocycles. The van der Waals surface area contributed by atoms with Crippen LogP contribution in [0.15, 0.2) is 39.9 Å². The van der Waals surface area contributed by atoms with Gasteiger partial charge in [0.2, 0.25) is 0 Å². The number of hydrogen-bond donors (Lipinski definition) is 0. The van der Waals surface area contributed by atoms with Crippen molar-refractivity contribution in [2.24, 2.45) is 22.2 Å². The highest BCUT2D eigenvalue weighted by Crippen LogP contribution is 3.02. The minimum atomic E-state index is -0.170. The monoisotopic (exact) mass is 309 g/mol. The van der Waals surface area contributed by atoms with E-state index in [1.807, 2.05) is 30.3 Å². The van der Waals surface area contributed by atoms with Gasteiger partial charge in [-0.2, -0.15) is 0 Å². The molecule has 0 saturated heterocycles. The first-order valence-electron chi connectivity index (χ1n) is 8.41. The van der Waals surface area contributed by atoms with Crippen LogP contribution in [-0.4, -0.2) is 13.9 Å². The molecule has 4 aliphatic rings. The van der Waals surface area contributed by atoms with E-state index in [1.165, 1.54) is 4.57 Å². The maximum atomic E-state index is 13.1. The molecule has 3 fully saturated rings. The largest absolute Gasteiger partial charge is 0.352 e. The number of benzene rings is 1. The van der Waals surface area contributed by atoms with Crippen molar-refractivity contribution in [1.82, 2.24) is 13.9 Å². The van der Waals surface area contributed by atoms with E-state index in [0.29, 0.717) is 17.0 Å². The third-order valence-corrected chi connectivity index (χ3v) is 8.54. The second-order valence-corrected chi connectivity index (χ2v) is 8.40. The van der Waals surface area contributed by atoms with Crippen LogP contribution in [0.5, 0.6) is 0 Å². The van der Waals surface area contributed by atoms with Crippen molar-refractivity contribution in [2.45, 2.75) is 39.3 Å². The van der Waals surface area contributed by atoms with Crippen LogP contribution in [0.2, 0.25) is 0 Å². The summed E-state index contributed by atoms with van der Waals surface area (Å²) in [6.45, 7) is 7.03. The van der Waals surface area contributed by atoms with Gasteiger partial charge in [0.05, 0.1) is 17.8 Å². The Labute approximate surface area is 133 Å². The van der Waals surface area contributed by atoms with Gasteiger partial charge in [-0.15, -0.1) is 0 Å². The summed E-state index contributed by atoms with van der Waals surface area (Å²) in [6.07, 6.45) is 1.03. The van der Waals surface area contributed by atoms with Crippen LogP contribution in [0.3, 0.4) is 0 Å². The van der Waals surface area contributed by atoms with E-state index >= 15 is 0 Å². The molecule has 0 bridgehead atoms. The van der Waals surface area contributed by atoms with Gasteiger partial charge in [-0.05, 0) is 29.4 Å². The lowest BCUT2D eigenvalue weighted by molar-refractivity contribution is 0.0140. The molecular weight excluding hydrogens is 290 g/mol. The Balaban J connectivity index is 1.65. The zero-order valence-electron chi connectivity index (χ0n) is 13.5. The first-order valence-corrected chi connectivity index (χ1v) is 8.41. The van der Waals surface area contributed by atoms with Crippen LogP contribution in [0.4, 0.5) is 0 Å². The Morgan fingerprint density at radius 1 is 0.957 bits per heavy atom. The normalized spacial score (nSPS) is 47.2. The van der Waals surface area contributed by atoms with E-state index in [1.54, 1.807) is 9.36 Å². The lowest BCUT2D eigenvalue weighted by Gasteiger charge is -2.45. The Kier molecular flexibility index (Phi) is 1.61. The summed E-state index contributed by atoms with van der Waals surface area (Å²) in [5.74, 6) is 0.461. The van der Waals surface area contributed by atoms with E-state index in [2.05, 4.69) is 20.8 Å². The van der Waals surface area contributed by atoms with E-state index < -0.39 is 0 Å². The number of aromatic nitrogens is 3. The molecule has 6 atom stereocenters. The Bertz CT molecular complexity index is 1010. The van der Waals surface area contributed by atoms with Crippen LogP contribution >= 0.6 is 0 Å². The number of nitrogens with zero attached hydrogens (tertiary/aromatic N) is 3. The molecule has 0 unspecified atom stereocenters. The highest BCUT2D eigenvalue weighted by atomic mass is 16.2. The van der Waals surface area contributed by atoms with Gasteiger partial charge in [-0.25, -0.2) is 23.5 Å². The molecule has 3 saturated carbocycles. The number of fused-ring (bicyclic) bond motifs is 5. The second kappa shape index (κ2) is 2.99. The van der Waals surface area contributed by atoms with Crippen molar-refractivity contribution < 1.29 is 0 Å². The van der Waals surface area contributed by atoms with Gasteiger partial charge in [0.1, 0.15) is 0 Å². The van der Waals surface area contributed by atoms with Crippen molar-refractivity contribution >= 4 is 0 Å². The van der Waals surface area contributed by atoms with Crippen molar-refractivity contribution in [3.05, 3.63) is 51.3 Å². The molecule has 118 valence electrons. The fourth-order valence-corrected chi connectivity index (χ4v) is 7.24. The van der Waals surface area contributed by atoms with Gasteiger partial charge in [0.25, 0.3) is 0 Å². The zero-order chi connectivity index (χ0) is 15.9. The summed E-state index contributed by atoms with van der Waals surface area (Å²) in [6, 6.07) is 9.66. The molecule has 23 heavy (non-hydrogen) atoms. The van der Waals surface area contributed by atoms with Crippen LogP contribution < -0.4 is 11.4 Å². The van der Waals surface area contributed by atoms with Gasteiger partial charge in [0.15, 0.2) is 0 Å². The first kappa shape index (κ1) is 12.4. The third kappa shape index (κ3) is 0.832. The smallest absolute Gasteiger partial charge is 0.245 e. The summed E-state index contributed by atoms with van der Waals surface area (Å²) >= 11 is 0. The van der Waals surface area contributed by atoms with Crippen LogP contribution in [0.25, 0.3) is 5.69 Å². The number of hydrogen-bond acceptors (Lipinski definition) is 2. The molecule has 0 spiro atoms. The van der Waals surface area contributed by atoms with Gasteiger partial charge in [-0.1, -0.05) is 39.0 Å². The summed E-state index contributed by atoms with van der Waals surface area (Å²) in [5, 5.41) is 0. The predicted molar refractivity (Wildman–Crippen MR) is 84.8 cm³/mol.